The van der Waals surface area contributed by atoms with E-state index in [1.165, 1.54) is 30.7 Å². The second-order valence-electron chi connectivity index (χ2n) is 3.20. The predicted molar refractivity (Wildman–Crippen MR) is 42.6 cm³/mol. The Balaban J connectivity index is 2.24. The number of nitrogens with one attached hydrogen (secondary N) is 1. The van der Waals surface area contributed by atoms with Crippen LogP contribution in [-0.4, -0.2) is 6.54 Å². The lowest BCUT2D eigenvalue weighted by Gasteiger charge is -2.13. The fraction of sp³-hybridized carbons (Fsp3) is 0.556. The van der Waals surface area contributed by atoms with Crippen LogP contribution in [0.25, 0.3) is 0 Å². The summed E-state index contributed by atoms with van der Waals surface area (Å²) in [6.45, 7) is 3.35. The standard InChI is InChI=1S/C9H13N/c1-7-2-3-8-4-5-10-9(8)6-7/h2,6,8,10H,3-5H2,1H3. The van der Waals surface area contributed by atoms with Gasteiger partial charge in [-0.1, -0.05) is 11.6 Å². The van der Waals surface area contributed by atoms with Crippen molar-refractivity contribution < 1.29 is 0 Å². The molecule has 0 bridgehead atoms. The Bertz CT molecular complexity index is 201. The van der Waals surface area contributed by atoms with Gasteiger partial charge in [0.2, 0.25) is 0 Å². The van der Waals surface area contributed by atoms with Crippen molar-refractivity contribution in [2.45, 2.75) is 19.8 Å². The molecule has 0 spiro atoms. The molecule has 0 aromatic heterocycles. The van der Waals surface area contributed by atoms with Crippen molar-refractivity contribution in [1.29, 1.82) is 0 Å². The van der Waals surface area contributed by atoms with Gasteiger partial charge in [-0.15, -0.1) is 0 Å². The van der Waals surface area contributed by atoms with Gasteiger partial charge in [0.05, 0.1) is 0 Å². The zero-order valence-corrected chi connectivity index (χ0v) is 6.35. The van der Waals surface area contributed by atoms with E-state index < -0.39 is 0 Å². The van der Waals surface area contributed by atoms with E-state index in [4.69, 9.17) is 0 Å². The average molecular weight is 135 g/mol. The van der Waals surface area contributed by atoms with Crippen molar-refractivity contribution in [1.82, 2.24) is 5.32 Å². The van der Waals surface area contributed by atoms with Crippen LogP contribution >= 0.6 is 0 Å². The summed E-state index contributed by atoms with van der Waals surface area (Å²) in [5.74, 6) is 0.823. The second-order valence-corrected chi connectivity index (χ2v) is 3.20. The van der Waals surface area contributed by atoms with Gasteiger partial charge < -0.3 is 5.32 Å². The molecule has 0 aromatic carbocycles. The highest BCUT2D eigenvalue weighted by Crippen LogP contribution is 2.28. The summed E-state index contributed by atoms with van der Waals surface area (Å²) < 4.78 is 0. The quantitative estimate of drug-likeness (QED) is 0.534. The SMILES string of the molecule is CC1=CCC2CCNC2=C1. The molecule has 1 saturated heterocycles. The zero-order valence-electron chi connectivity index (χ0n) is 6.35. The van der Waals surface area contributed by atoms with Crippen LogP contribution in [0, 0.1) is 5.92 Å². The van der Waals surface area contributed by atoms with E-state index in [0.717, 1.165) is 5.92 Å². The molecular weight excluding hydrogens is 122 g/mol. The number of hydrogen-bond donors (Lipinski definition) is 1. The van der Waals surface area contributed by atoms with E-state index in [1.54, 1.807) is 0 Å². The van der Waals surface area contributed by atoms with Crippen molar-refractivity contribution in [2.24, 2.45) is 5.92 Å². The fourth-order valence-corrected chi connectivity index (χ4v) is 1.74. The highest BCUT2D eigenvalue weighted by Gasteiger charge is 2.21. The summed E-state index contributed by atoms with van der Waals surface area (Å²) in [5.41, 5.74) is 2.89. The molecule has 1 unspecified atom stereocenters. The minimum Gasteiger partial charge on any atom is -0.388 e. The number of allylic oxidation sites excluding steroid dienone is 4. The third-order valence-corrected chi connectivity index (χ3v) is 2.37. The maximum atomic E-state index is 3.41. The Morgan fingerprint density at radius 1 is 1.60 bits per heavy atom. The molecule has 1 heterocycles. The van der Waals surface area contributed by atoms with Gasteiger partial charge in [0.15, 0.2) is 0 Å². The van der Waals surface area contributed by atoms with Gasteiger partial charge in [-0.05, 0) is 25.8 Å². The molecule has 1 aliphatic heterocycles. The number of rotatable bonds is 0. The lowest BCUT2D eigenvalue weighted by Crippen LogP contribution is -2.09. The zero-order chi connectivity index (χ0) is 6.97. The summed E-state index contributed by atoms with van der Waals surface area (Å²) in [6, 6.07) is 0. The van der Waals surface area contributed by atoms with Crippen molar-refractivity contribution in [3.8, 4) is 0 Å². The van der Waals surface area contributed by atoms with Gasteiger partial charge in [0.25, 0.3) is 0 Å². The van der Waals surface area contributed by atoms with Crippen LogP contribution in [0.5, 0.6) is 0 Å². The molecule has 1 nitrogen and oxygen atoms in total. The van der Waals surface area contributed by atoms with Gasteiger partial charge >= 0.3 is 0 Å². The Labute approximate surface area is 61.8 Å². The van der Waals surface area contributed by atoms with E-state index >= 15 is 0 Å². The van der Waals surface area contributed by atoms with Gasteiger partial charge in [-0.2, -0.15) is 0 Å². The predicted octanol–water partition coefficient (Wildman–Crippen LogP) is 1.83. The van der Waals surface area contributed by atoms with Crippen LogP contribution in [-0.2, 0) is 0 Å². The molecule has 0 radical (unpaired) electrons. The van der Waals surface area contributed by atoms with Crippen molar-refractivity contribution in [3.63, 3.8) is 0 Å². The number of fused-ring (bicyclic) bond motifs is 1. The van der Waals surface area contributed by atoms with Crippen LogP contribution in [0.3, 0.4) is 0 Å². The first-order valence-electron chi connectivity index (χ1n) is 3.98. The Hall–Kier alpha value is -0.720. The minimum absolute atomic E-state index is 0.823. The average Bonchev–Trinajstić information content (AvgIpc) is 2.33. The molecule has 2 aliphatic rings. The van der Waals surface area contributed by atoms with Crippen LogP contribution < -0.4 is 5.32 Å². The van der Waals surface area contributed by atoms with Crippen molar-refractivity contribution in [3.05, 3.63) is 23.4 Å². The normalized spacial score (nSPS) is 30.3. The van der Waals surface area contributed by atoms with E-state index in [2.05, 4.69) is 24.4 Å². The highest BCUT2D eigenvalue weighted by atomic mass is 14.9. The maximum absolute atomic E-state index is 3.41. The van der Waals surface area contributed by atoms with E-state index in [9.17, 15) is 0 Å². The molecule has 1 atom stereocenters. The molecule has 0 saturated carbocycles. The van der Waals surface area contributed by atoms with E-state index in [-0.39, 0.29) is 0 Å². The molecule has 0 aromatic rings. The molecule has 1 fully saturated rings. The van der Waals surface area contributed by atoms with Crippen LogP contribution in [0.2, 0.25) is 0 Å². The Kier molecular flexibility index (Phi) is 1.30. The van der Waals surface area contributed by atoms with Crippen molar-refractivity contribution in [2.75, 3.05) is 6.54 Å². The molecule has 1 aliphatic carbocycles. The van der Waals surface area contributed by atoms with Crippen LogP contribution in [0.15, 0.2) is 23.4 Å². The Morgan fingerprint density at radius 2 is 2.50 bits per heavy atom. The topological polar surface area (TPSA) is 12.0 Å². The third-order valence-electron chi connectivity index (χ3n) is 2.37. The maximum Gasteiger partial charge on any atom is 0.0150 e. The van der Waals surface area contributed by atoms with Gasteiger partial charge in [-0.3, -0.25) is 0 Å². The first-order chi connectivity index (χ1) is 4.86. The first kappa shape index (κ1) is 6.02. The largest absolute Gasteiger partial charge is 0.388 e. The van der Waals surface area contributed by atoms with E-state index in [1.807, 2.05) is 0 Å². The highest BCUT2D eigenvalue weighted by molar-refractivity contribution is 5.28. The lowest BCUT2D eigenvalue weighted by atomic mass is 9.94. The molecule has 10 heavy (non-hydrogen) atoms. The molecule has 2 rings (SSSR count). The summed E-state index contributed by atoms with van der Waals surface area (Å²) >= 11 is 0. The summed E-state index contributed by atoms with van der Waals surface area (Å²) in [5, 5.41) is 3.41. The first-order valence-corrected chi connectivity index (χ1v) is 3.98. The van der Waals surface area contributed by atoms with Crippen LogP contribution in [0.1, 0.15) is 19.8 Å². The molecule has 1 N–H and O–H groups in total. The van der Waals surface area contributed by atoms with E-state index in [0.29, 0.717) is 0 Å². The number of hydrogen-bond acceptors (Lipinski definition) is 1. The lowest BCUT2D eigenvalue weighted by molar-refractivity contribution is 0.642. The Morgan fingerprint density at radius 3 is 3.40 bits per heavy atom. The second kappa shape index (κ2) is 2.15. The van der Waals surface area contributed by atoms with Gasteiger partial charge in [0, 0.05) is 18.2 Å². The minimum atomic E-state index is 0.823. The fourth-order valence-electron chi connectivity index (χ4n) is 1.74. The monoisotopic (exact) mass is 135 g/mol. The summed E-state index contributed by atoms with van der Waals surface area (Å²) in [6.07, 6.45) is 7.20. The van der Waals surface area contributed by atoms with Crippen LogP contribution in [0.4, 0.5) is 0 Å². The third kappa shape index (κ3) is 0.859. The molecule has 1 heteroatoms. The van der Waals surface area contributed by atoms with Gasteiger partial charge in [0.1, 0.15) is 0 Å². The molecular formula is C9H13N. The molecule has 0 amide bonds. The molecule has 54 valence electrons. The summed E-state index contributed by atoms with van der Waals surface area (Å²) in [7, 11) is 0. The van der Waals surface area contributed by atoms with Crippen molar-refractivity contribution >= 4 is 0 Å². The summed E-state index contributed by atoms with van der Waals surface area (Å²) in [4.78, 5) is 0. The van der Waals surface area contributed by atoms with Gasteiger partial charge in [-0.25, -0.2) is 0 Å². The smallest absolute Gasteiger partial charge is 0.0150 e.